The number of nitrogens with one attached hydrogen (secondary N) is 1. The third kappa shape index (κ3) is 2.91. The number of carbonyl (C=O) groups is 2. The van der Waals surface area contributed by atoms with Crippen molar-refractivity contribution in [2.24, 2.45) is 5.41 Å². The van der Waals surface area contributed by atoms with Gasteiger partial charge in [-0.3, -0.25) is 9.48 Å². The normalized spacial score (nSPS) is 25.3. The van der Waals surface area contributed by atoms with Crippen LogP contribution in [0.15, 0.2) is 18.3 Å². The van der Waals surface area contributed by atoms with Gasteiger partial charge in [0, 0.05) is 30.8 Å². The standard InChI is InChI=1S/C22H22F3N5O2/c23-13-6-12(7-14(24)20(13)25)27-21(32)28-10-18-17(29-11-22(4-5-22)8-19(29)31)9-26-30(18)16-3-1-2-15(16)28/h6-7,9,15-16H,1-5,8,10-11H2,(H,27,32)/t15-,16+/m0/s1. The Morgan fingerprint density at radius 1 is 1.12 bits per heavy atom. The minimum absolute atomic E-state index is 0.0208. The number of anilines is 2. The van der Waals surface area contributed by atoms with E-state index in [2.05, 4.69) is 10.4 Å². The lowest BCUT2D eigenvalue weighted by Crippen LogP contribution is -2.49. The number of amides is 3. The molecule has 3 fully saturated rings. The van der Waals surface area contributed by atoms with E-state index in [0.717, 1.165) is 55.6 Å². The van der Waals surface area contributed by atoms with Gasteiger partial charge in [0.15, 0.2) is 17.5 Å². The molecule has 2 aliphatic heterocycles. The van der Waals surface area contributed by atoms with Crippen molar-refractivity contribution in [1.29, 1.82) is 0 Å². The third-order valence-electron chi connectivity index (χ3n) is 7.42. The molecule has 3 heterocycles. The molecular weight excluding hydrogens is 423 g/mol. The summed E-state index contributed by atoms with van der Waals surface area (Å²) in [5.74, 6) is -4.21. The van der Waals surface area contributed by atoms with Crippen molar-refractivity contribution >= 4 is 23.3 Å². The lowest BCUT2D eigenvalue weighted by atomic mass is 10.1. The number of aromatic nitrogens is 2. The molecular formula is C22H22F3N5O2. The minimum Gasteiger partial charge on any atom is -0.313 e. The highest BCUT2D eigenvalue weighted by Crippen LogP contribution is 2.54. The van der Waals surface area contributed by atoms with Gasteiger partial charge in [-0.2, -0.15) is 5.10 Å². The lowest BCUT2D eigenvalue weighted by Gasteiger charge is -2.39. The van der Waals surface area contributed by atoms with Crippen LogP contribution in [-0.4, -0.2) is 39.2 Å². The quantitative estimate of drug-likeness (QED) is 0.712. The fraction of sp³-hybridized carbons (Fsp3) is 0.500. The first-order chi connectivity index (χ1) is 15.3. The maximum absolute atomic E-state index is 13.6. The zero-order valence-electron chi connectivity index (χ0n) is 17.3. The predicted octanol–water partition coefficient (Wildman–Crippen LogP) is 3.96. The second-order valence-corrected chi connectivity index (χ2v) is 9.46. The highest BCUT2D eigenvalue weighted by Gasteiger charge is 2.53. The van der Waals surface area contributed by atoms with Crippen molar-refractivity contribution in [3.05, 3.63) is 41.5 Å². The molecule has 1 aromatic heterocycles. The van der Waals surface area contributed by atoms with E-state index in [0.29, 0.717) is 13.0 Å². The molecule has 0 bridgehead atoms. The fourth-order valence-corrected chi connectivity index (χ4v) is 5.56. The van der Waals surface area contributed by atoms with E-state index >= 15 is 0 Å². The predicted molar refractivity (Wildman–Crippen MR) is 108 cm³/mol. The van der Waals surface area contributed by atoms with Crippen molar-refractivity contribution in [3.63, 3.8) is 0 Å². The van der Waals surface area contributed by atoms with Crippen LogP contribution in [0.1, 0.15) is 50.3 Å². The lowest BCUT2D eigenvalue weighted by molar-refractivity contribution is -0.117. The van der Waals surface area contributed by atoms with Crippen LogP contribution < -0.4 is 10.2 Å². The van der Waals surface area contributed by atoms with Crippen molar-refractivity contribution in [3.8, 4) is 0 Å². The monoisotopic (exact) mass is 445 g/mol. The Morgan fingerprint density at radius 2 is 1.84 bits per heavy atom. The van der Waals surface area contributed by atoms with Gasteiger partial charge in [0.05, 0.1) is 36.2 Å². The summed E-state index contributed by atoms with van der Waals surface area (Å²) in [4.78, 5) is 29.2. The number of fused-ring (bicyclic) bond motifs is 3. The highest BCUT2D eigenvalue weighted by molar-refractivity contribution is 5.97. The van der Waals surface area contributed by atoms with Crippen LogP contribution in [-0.2, 0) is 11.3 Å². The molecule has 3 amide bonds. The van der Waals surface area contributed by atoms with Gasteiger partial charge >= 0.3 is 6.03 Å². The molecule has 1 N–H and O–H groups in total. The summed E-state index contributed by atoms with van der Waals surface area (Å²) in [6.07, 6.45) is 6.93. The summed E-state index contributed by atoms with van der Waals surface area (Å²) in [6.45, 7) is 0.907. The summed E-state index contributed by atoms with van der Waals surface area (Å²) < 4.78 is 42.4. The van der Waals surface area contributed by atoms with E-state index in [1.54, 1.807) is 16.0 Å². The number of urea groups is 1. The van der Waals surface area contributed by atoms with Gasteiger partial charge in [-0.25, -0.2) is 18.0 Å². The van der Waals surface area contributed by atoms with Gasteiger partial charge in [-0.05, 0) is 37.5 Å². The van der Waals surface area contributed by atoms with E-state index in [9.17, 15) is 22.8 Å². The van der Waals surface area contributed by atoms with Crippen LogP contribution in [0, 0.1) is 22.9 Å². The fourth-order valence-electron chi connectivity index (χ4n) is 5.56. The van der Waals surface area contributed by atoms with Gasteiger partial charge in [0.2, 0.25) is 5.91 Å². The SMILES string of the molecule is O=C1CC2(CC2)CN1c1cnn2c1CN(C(=O)Nc1cc(F)c(F)c(F)c1)[C@H]1CCC[C@H]12. The summed E-state index contributed by atoms with van der Waals surface area (Å²) in [5, 5.41) is 7.09. The molecule has 7 nitrogen and oxygen atoms in total. The van der Waals surface area contributed by atoms with E-state index < -0.39 is 23.5 Å². The molecule has 1 saturated heterocycles. The summed E-state index contributed by atoms with van der Waals surface area (Å²) in [7, 11) is 0. The molecule has 2 aliphatic carbocycles. The van der Waals surface area contributed by atoms with Crippen LogP contribution in [0.25, 0.3) is 0 Å². The zero-order valence-corrected chi connectivity index (χ0v) is 17.3. The number of nitrogens with zero attached hydrogens (tertiary/aromatic N) is 4. The first kappa shape index (κ1) is 19.6. The maximum Gasteiger partial charge on any atom is 0.322 e. The Morgan fingerprint density at radius 3 is 2.53 bits per heavy atom. The largest absolute Gasteiger partial charge is 0.322 e. The highest BCUT2D eigenvalue weighted by atomic mass is 19.2. The molecule has 10 heteroatoms. The average molecular weight is 445 g/mol. The van der Waals surface area contributed by atoms with Crippen LogP contribution in [0.3, 0.4) is 0 Å². The van der Waals surface area contributed by atoms with Crippen LogP contribution >= 0.6 is 0 Å². The van der Waals surface area contributed by atoms with Crippen LogP contribution in [0.5, 0.6) is 0 Å². The molecule has 0 radical (unpaired) electrons. The Balaban J connectivity index is 1.30. The average Bonchev–Trinajstić information content (AvgIpc) is 3.09. The third-order valence-corrected chi connectivity index (χ3v) is 7.42. The first-order valence-corrected chi connectivity index (χ1v) is 10.9. The number of hydrogen-bond acceptors (Lipinski definition) is 3. The number of carbonyl (C=O) groups excluding carboxylic acids is 2. The molecule has 2 aromatic rings. The molecule has 1 aromatic carbocycles. The van der Waals surface area contributed by atoms with E-state index in [4.69, 9.17) is 0 Å². The summed E-state index contributed by atoms with van der Waals surface area (Å²) >= 11 is 0. The topological polar surface area (TPSA) is 70.5 Å². The van der Waals surface area contributed by atoms with E-state index in [1.165, 1.54) is 0 Å². The Kier molecular flexibility index (Phi) is 4.13. The van der Waals surface area contributed by atoms with Gasteiger partial charge in [0.25, 0.3) is 0 Å². The molecule has 32 heavy (non-hydrogen) atoms. The number of benzene rings is 1. The zero-order chi connectivity index (χ0) is 22.2. The molecule has 2 atom stereocenters. The molecule has 6 rings (SSSR count). The maximum atomic E-state index is 13.6. The van der Waals surface area contributed by atoms with E-state index in [1.807, 2.05) is 4.68 Å². The minimum atomic E-state index is -1.57. The van der Waals surface area contributed by atoms with Crippen molar-refractivity contribution in [2.75, 3.05) is 16.8 Å². The first-order valence-electron chi connectivity index (χ1n) is 10.9. The molecule has 1 spiro atoms. The second kappa shape index (κ2) is 6.73. The van der Waals surface area contributed by atoms with Crippen molar-refractivity contribution < 1.29 is 22.8 Å². The van der Waals surface area contributed by atoms with Gasteiger partial charge in [-0.15, -0.1) is 0 Å². The number of hydrogen-bond donors (Lipinski definition) is 1. The van der Waals surface area contributed by atoms with Crippen molar-refractivity contribution in [1.82, 2.24) is 14.7 Å². The molecule has 4 aliphatic rings. The van der Waals surface area contributed by atoms with Crippen LogP contribution in [0.4, 0.5) is 29.3 Å². The summed E-state index contributed by atoms with van der Waals surface area (Å²) in [6, 6.07) is 0.874. The van der Waals surface area contributed by atoms with Crippen molar-refractivity contribution in [2.45, 2.75) is 57.2 Å². The summed E-state index contributed by atoms with van der Waals surface area (Å²) in [5.41, 5.74) is 1.49. The number of rotatable bonds is 2. The Hall–Kier alpha value is -3.04. The second-order valence-electron chi connectivity index (χ2n) is 9.46. The van der Waals surface area contributed by atoms with Gasteiger partial charge < -0.3 is 15.1 Å². The Bertz CT molecular complexity index is 1120. The smallest absolute Gasteiger partial charge is 0.313 e. The van der Waals surface area contributed by atoms with Crippen LogP contribution in [0.2, 0.25) is 0 Å². The number of halogens is 3. The molecule has 168 valence electrons. The van der Waals surface area contributed by atoms with Gasteiger partial charge in [-0.1, -0.05) is 0 Å². The molecule has 0 unspecified atom stereocenters. The van der Waals surface area contributed by atoms with E-state index in [-0.39, 0.29) is 35.6 Å². The van der Waals surface area contributed by atoms with Gasteiger partial charge in [0.1, 0.15) is 0 Å². The molecule has 2 saturated carbocycles. The Labute approximate surface area is 182 Å².